The highest BCUT2D eigenvalue weighted by molar-refractivity contribution is 7.84. The van der Waals surface area contributed by atoms with Gasteiger partial charge in [-0.2, -0.15) is 0 Å². The summed E-state index contributed by atoms with van der Waals surface area (Å²) in [6.07, 6.45) is 4.07. The molecule has 6 heteroatoms. The van der Waals surface area contributed by atoms with E-state index in [1.165, 1.54) is 12.8 Å². The van der Waals surface area contributed by atoms with Gasteiger partial charge in [0.05, 0.1) is 21.4 Å². The summed E-state index contributed by atoms with van der Waals surface area (Å²) in [5.74, 6) is 0.807. The number of piperidine rings is 1. The number of carbonyl (C=O) groups is 1. The molecule has 1 saturated heterocycles. The molecule has 2 atom stereocenters. The monoisotopic (exact) mass is 337 g/mol. The van der Waals surface area contributed by atoms with Crippen molar-refractivity contribution < 1.29 is 9.00 Å². The van der Waals surface area contributed by atoms with E-state index in [2.05, 4.69) is 29.4 Å². The first-order valence-electron chi connectivity index (χ1n) is 8.18. The summed E-state index contributed by atoms with van der Waals surface area (Å²) in [5, 5.41) is 5.71. The summed E-state index contributed by atoms with van der Waals surface area (Å²) >= 11 is 0. The van der Waals surface area contributed by atoms with Gasteiger partial charge in [0.25, 0.3) is 0 Å². The Hall–Kier alpha value is -1.40. The van der Waals surface area contributed by atoms with Gasteiger partial charge in [0.15, 0.2) is 0 Å². The van der Waals surface area contributed by atoms with Crippen molar-refractivity contribution in [3.63, 3.8) is 0 Å². The fourth-order valence-corrected chi connectivity index (χ4v) is 3.52. The molecule has 0 aliphatic carbocycles. The lowest BCUT2D eigenvalue weighted by atomic mass is 9.98. The van der Waals surface area contributed by atoms with Gasteiger partial charge < -0.3 is 10.6 Å². The summed E-state index contributed by atoms with van der Waals surface area (Å²) < 4.78 is 11.7. The van der Waals surface area contributed by atoms with Crippen molar-refractivity contribution in [2.24, 2.45) is 5.92 Å². The summed E-state index contributed by atoms with van der Waals surface area (Å²) in [5.41, 5.74) is 0.602. The van der Waals surface area contributed by atoms with Crippen LogP contribution in [0.25, 0.3) is 0 Å². The zero-order valence-electron chi connectivity index (χ0n) is 14.2. The first kappa shape index (κ1) is 17.9. The van der Waals surface area contributed by atoms with E-state index in [1.807, 2.05) is 12.1 Å². The Bertz CT molecular complexity index is 557. The van der Waals surface area contributed by atoms with E-state index in [0.29, 0.717) is 23.2 Å². The number of hydrogen-bond acceptors (Lipinski definition) is 3. The van der Waals surface area contributed by atoms with Crippen LogP contribution in [0.3, 0.4) is 0 Å². The summed E-state index contributed by atoms with van der Waals surface area (Å²) in [4.78, 5) is 15.2. The third-order valence-electron chi connectivity index (χ3n) is 4.44. The number of urea groups is 1. The van der Waals surface area contributed by atoms with Gasteiger partial charge in [-0.3, -0.25) is 9.11 Å². The van der Waals surface area contributed by atoms with E-state index in [9.17, 15) is 9.00 Å². The highest BCUT2D eigenvalue weighted by Crippen LogP contribution is 2.19. The summed E-state index contributed by atoms with van der Waals surface area (Å²) in [6.45, 7) is 7.25. The van der Waals surface area contributed by atoms with Crippen molar-refractivity contribution in [2.75, 3.05) is 31.2 Å². The number of rotatable bonds is 5. The molecule has 0 bridgehead atoms. The van der Waals surface area contributed by atoms with Crippen LogP contribution >= 0.6 is 0 Å². The van der Waals surface area contributed by atoms with Crippen molar-refractivity contribution >= 4 is 22.5 Å². The maximum absolute atomic E-state index is 12.1. The Labute approximate surface area is 141 Å². The molecule has 128 valence electrons. The lowest BCUT2D eigenvalue weighted by Crippen LogP contribution is -2.46. The van der Waals surface area contributed by atoms with Crippen molar-refractivity contribution in [3.8, 4) is 0 Å². The zero-order chi connectivity index (χ0) is 16.8. The molecule has 1 aromatic rings. The third-order valence-corrected chi connectivity index (χ3v) is 5.42. The Morgan fingerprint density at radius 1 is 1.35 bits per heavy atom. The minimum Gasteiger partial charge on any atom is -0.336 e. The van der Waals surface area contributed by atoms with Crippen LogP contribution in [-0.4, -0.2) is 47.1 Å². The maximum Gasteiger partial charge on any atom is 0.319 e. The highest BCUT2D eigenvalue weighted by atomic mass is 32.2. The number of nitrogens with one attached hydrogen (secondary N) is 2. The Morgan fingerprint density at radius 2 is 2.00 bits per heavy atom. The fraction of sp³-hybridized carbons (Fsp3) is 0.588. The molecule has 0 spiro atoms. The minimum absolute atomic E-state index is 0.250. The fourth-order valence-electron chi connectivity index (χ4n) is 2.83. The van der Waals surface area contributed by atoms with Crippen LogP contribution in [0.15, 0.2) is 29.2 Å². The quantitative estimate of drug-likeness (QED) is 0.868. The molecular formula is C17H27N3O2S. The molecule has 0 saturated carbocycles. The molecule has 0 radical (unpaired) electrons. The van der Waals surface area contributed by atoms with Gasteiger partial charge in [-0.05, 0) is 50.9 Å². The lowest BCUT2D eigenvalue weighted by molar-refractivity contribution is 0.146. The highest BCUT2D eigenvalue weighted by Gasteiger charge is 2.20. The summed E-state index contributed by atoms with van der Waals surface area (Å²) in [6, 6.07) is 7.25. The molecule has 2 N–H and O–H groups in total. The number of carbonyl (C=O) groups excluding carboxylic acids is 1. The van der Waals surface area contributed by atoms with E-state index >= 15 is 0 Å². The molecule has 0 aromatic heterocycles. The number of nitrogens with zero attached hydrogens (tertiary/aromatic N) is 1. The molecule has 23 heavy (non-hydrogen) atoms. The Morgan fingerprint density at radius 3 is 2.65 bits per heavy atom. The first-order chi connectivity index (χ1) is 11.0. The van der Waals surface area contributed by atoms with Crippen LogP contribution < -0.4 is 10.6 Å². The second-order valence-electron chi connectivity index (χ2n) is 6.35. The predicted octanol–water partition coefficient (Wildman–Crippen LogP) is 2.67. The first-order valence-corrected chi connectivity index (χ1v) is 9.74. The van der Waals surface area contributed by atoms with E-state index in [0.717, 1.165) is 19.0 Å². The molecule has 1 fully saturated rings. The van der Waals surface area contributed by atoms with Crippen LogP contribution in [0.5, 0.6) is 0 Å². The number of benzene rings is 1. The zero-order valence-corrected chi connectivity index (χ0v) is 15.0. The molecule has 2 amide bonds. The predicted molar refractivity (Wildman–Crippen MR) is 95.2 cm³/mol. The van der Waals surface area contributed by atoms with E-state index in [1.54, 1.807) is 18.4 Å². The molecule has 1 heterocycles. The second-order valence-corrected chi connectivity index (χ2v) is 7.70. The van der Waals surface area contributed by atoms with E-state index in [4.69, 9.17) is 0 Å². The van der Waals surface area contributed by atoms with Crippen molar-refractivity contribution in [1.82, 2.24) is 10.2 Å². The SMILES string of the molecule is CC1CCN([C@@H](C)CNC(=O)Nc2ccccc2[S@](C)=O)CC1. The standard InChI is InChI=1S/C17H27N3O2S/c1-13-8-10-20(11-9-13)14(2)12-18-17(21)19-15-6-4-5-7-16(15)23(3)22/h4-7,13-14H,8-12H2,1-3H3,(H2,18,19,21)/t14-,23-/m0/s1. The van der Waals surface area contributed by atoms with Gasteiger partial charge in [0.1, 0.15) is 0 Å². The number of amides is 2. The average molecular weight is 337 g/mol. The topological polar surface area (TPSA) is 61.4 Å². The largest absolute Gasteiger partial charge is 0.336 e. The van der Waals surface area contributed by atoms with Gasteiger partial charge >= 0.3 is 6.03 Å². The third kappa shape index (κ3) is 5.32. The summed E-state index contributed by atoms with van der Waals surface area (Å²) in [7, 11) is -1.13. The molecule has 2 rings (SSSR count). The molecule has 1 aliphatic rings. The maximum atomic E-state index is 12.1. The number of hydrogen-bond donors (Lipinski definition) is 2. The van der Waals surface area contributed by atoms with Gasteiger partial charge in [-0.1, -0.05) is 19.1 Å². The number of para-hydroxylation sites is 1. The van der Waals surface area contributed by atoms with E-state index in [-0.39, 0.29) is 6.03 Å². The van der Waals surface area contributed by atoms with E-state index < -0.39 is 10.8 Å². The minimum atomic E-state index is -1.13. The van der Waals surface area contributed by atoms with Crippen LogP contribution in [0.4, 0.5) is 10.5 Å². The average Bonchev–Trinajstić information content (AvgIpc) is 2.53. The normalized spacial score (nSPS) is 19.1. The van der Waals surface area contributed by atoms with Crippen molar-refractivity contribution in [1.29, 1.82) is 0 Å². The van der Waals surface area contributed by atoms with Crippen LogP contribution in [0.2, 0.25) is 0 Å². The van der Waals surface area contributed by atoms with Gasteiger partial charge in [-0.25, -0.2) is 4.79 Å². The van der Waals surface area contributed by atoms with Crippen LogP contribution in [-0.2, 0) is 10.8 Å². The lowest BCUT2D eigenvalue weighted by Gasteiger charge is -2.35. The second kappa shape index (κ2) is 8.45. The van der Waals surface area contributed by atoms with Gasteiger partial charge in [-0.15, -0.1) is 0 Å². The molecule has 1 aromatic carbocycles. The van der Waals surface area contributed by atoms with Crippen LogP contribution in [0, 0.1) is 5.92 Å². The Balaban J connectivity index is 1.82. The number of likely N-dealkylation sites (tertiary alicyclic amines) is 1. The van der Waals surface area contributed by atoms with Crippen molar-refractivity contribution in [2.45, 2.75) is 37.6 Å². The molecule has 0 unspecified atom stereocenters. The Kier molecular flexibility index (Phi) is 6.59. The number of anilines is 1. The van der Waals surface area contributed by atoms with Gasteiger partial charge in [0.2, 0.25) is 0 Å². The van der Waals surface area contributed by atoms with Gasteiger partial charge in [0, 0.05) is 18.8 Å². The molecule has 5 nitrogen and oxygen atoms in total. The van der Waals surface area contributed by atoms with Crippen LogP contribution in [0.1, 0.15) is 26.7 Å². The molecule has 1 aliphatic heterocycles. The smallest absolute Gasteiger partial charge is 0.319 e. The molecular weight excluding hydrogens is 310 g/mol. The van der Waals surface area contributed by atoms with Crippen molar-refractivity contribution in [3.05, 3.63) is 24.3 Å².